The van der Waals surface area contributed by atoms with E-state index in [-0.39, 0.29) is 34.5 Å². The molecule has 0 aliphatic rings. The van der Waals surface area contributed by atoms with Crippen LogP contribution in [-0.2, 0) is 32.6 Å². The third-order valence-corrected chi connectivity index (χ3v) is 8.93. The number of nitrogens with one attached hydrogen (secondary N) is 1. The zero-order chi connectivity index (χ0) is 30.8. The van der Waals surface area contributed by atoms with Crippen LogP contribution in [0.3, 0.4) is 0 Å². The highest BCUT2D eigenvalue weighted by molar-refractivity contribution is 7.92. The molecule has 43 heavy (non-hydrogen) atoms. The van der Waals surface area contributed by atoms with Gasteiger partial charge >= 0.3 is 0 Å². The van der Waals surface area contributed by atoms with Crippen molar-refractivity contribution in [1.29, 1.82) is 0 Å². The number of hydrogen-bond donors (Lipinski definition) is 1. The Morgan fingerprint density at radius 2 is 1.44 bits per heavy atom. The summed E-state index contributed by atoms with van der Waals surface area (Å²) in [6.07, 6.45) is 0.241. The van der Waals surface area contributed by atoms with Crippen LogP contribution in [0.4, 0.5) is 5.69 Å². The van der Waals surface area contributed by atoms with Crippen molar-refractivity contribution in [2.75, 3.05) is 24.5 Å². The highest BCUT2D eigenvalue weighted by atomic mass is 35.5. The normalized spacial score (nSPS) is 11.8. The van der Waals surface area contributed by atoms with E-state index >= 15 is 0 Å². The van der Waals surface area contributed by atoms with Gasteiger partial charge in [-0.2, -0.15) is 0 Å². The van der Waals surface area contributed by atoms with Crippen LogP contribution in [0.1, 0.15) is 18.1 Å². The molecule has 0 saturated carbocycles. The second-order valence-electron chi connectivity index (χ2n) is 9.75. The van der Waals surface area contributed by atoms with Crippen LogP contribution >= 0.6 is 11.6 Å². The van der Waals surface area contributed by atoms with Crippen molar-refractivity contribution in [1.82, 2.24) is 10.2 Å². The van der Waals surface area contributed by atoms with Gasteiger partial charge in [0.05, 0.1) is 22.7 Å². The van der Waals surface area contributed by atoms with E-state index in [1.807, 2.05) is 67.6 Å². The van der Waals surface area contributed by atoms with Crippen LogP contribution in [0, 0.1) is 0 Å². The van der Waals surface area contributed by atoms with Crippen molar-refractivity contribution in [3.63, 3.8) is 0 Å². The van der Waals surface area contributed by atoms with Gasteiger partial charge < -0.3 is 15.0 Å². The summed E-state index contributed by atoms with van der Waals surface area (Å²) >= 11 is 6.40. The van der Waals surface area contributed by atoms with Crippen LogP contribution in [0.2, 0.25) is 5.02 Å². The maximum absolute atomic E-state index is 14.3. The Hall–Kier alpha value is -4.34. The molecule has 0 unspecified atom stereocenters. The highest BCUT2D eigenvalue weighted by Crippen LogP contribution is 2.32. The molecule has 4 aromatic rings. The van der Waals surface area contributed by atoms with E-state index in [1.54, 1.807) is 24.3 Å². The third kappa shape index (κ3) is 7.94. The van der Waals surface area contributed by atoms with Gasteiger partial charge in [-0.1, -0.05) is 90.5 Å². The Kier molecular flexibility index (Phi) is 10.8. The summed E-state index contributed by atoms with van der Waals surface area (Å²) in [7, 11) is -2.76. The SMILES string of the molecule is CCNC(=O)[C@H](Cc1ccccc1)N(Cc1ccccc1)C(=O)CN(c1ccc(OC)c(Cl)c1)S(=O)(=O)c1ccccc1. The molecule has 0 aliphatic carbocycles. The lowest BCUT2D eigenvalue weighted by atomic mass is 10.0. The molecule has 8 nitrogen and oxygen atoms in total. The number of anilines is 1. The summed E-state index contributed by atoms with van der Waals surface area (Å²) in [4.78, 5) is 29.3. The van der Waals surface area contributed by atoms with Crippen LogP contribution in [0.25, 0.3) is 0 Å². The molecule has 2 amide bonds. The first-order valence-corrected chi connectivity index (χ1v) is 15.6. The summed E-state index contributed by atoms with van der Waals surface area (Å²) in [6, 6.07) is 30.2. The second-order valence-corrected chi connectivity index (χ2v) is 12.0. The lowest BCUT2D eigenvalue weighted by Gasteiger charge is -2.34. The Balaban J connectivity index is 1.80. The number of amides is 2. The Bertz CT molecular complexity index is 1620. The lowest BCUT2D eigenvalue weighted by molar-refractivity contribution is -0.140. The zero-order valence-corrected chi connectivity index (χ0v) is 25.6. The third-order valence-electron chi connectivity index (χ3n) is 6.85. The molecule has 0 heterocycles. The van der Waals surface area contributed by atoms with E-state index in [4.69, 9.17) is 16.3 Å². The topological polar surface area (TPSA) is 96.0 Å². The van der Waals surface area contributed by atoms with Crippen molar-refractivity contribution >= 4 is 39.1 Å². The molecule has 4 rings (SSSR count). The minimum atomic E-state index is -4.22. The van der Waals surface area contributed by atoms with Crippen molar-refractivity contribution in [3.8, 4) is 5.75 Å². The number of rotatable bonds is 13. The highest BCUT2D eigenvalue weighted by Gasteiger charge is 2.34. The number of likely N-dealkylation sites (N-methyl/N-ethyl adjacent to an activating group) is 1. The molecule has 4 aromatic carbocycles. The van der Waals surface area contributed by atoms with E-state index < -0.39 is 28.5 Å². The first-order valence-electron chi connectivity index (χ1n) is 13.8. The van der Waals surface area contributed by atoms with E-state index in [0.717, 1.165) is 15.4 Å². The molecule has 1 N–H and O–H groups in total. The van der Waals surface area contributed by atoms with Gasteiger partial charge in [-0.3, -0.25) is 13.9 Å². The van der Waals surface area contributed by atoms with E-state index in [2.05, 4.69) is 5.32 Å². The minimum Gasteiger partial charge on any atom is -0.495 e. The van der Waals surface area contributed by atoms with Crippen LogP contribution in [0.5, 0.6) is 5.75 Å². The lowest BCUT2D eigenvalue weighted by Crippen LogP contribution is -2.53. The van der Waals surface area contributed by atoms with Gasteiger partial charge in [0.2, 0.25) is 11.8 Å². The smallest absolute Gasteiger partial charge is 0.264 e. The first kappa shape index (κ1) is 31.6. The zero-order valence-electron chi connectivity index (χ0n) is 24.0. The fraction of sp³-hybridized carbons (Fsp3) is 0.212. The predicted octanol–water partition coefficient (Wildman–Crippen LogP) is 5.32. The molecule has 0 radical (unpaired) electrons. The summed E-state index contributed by atoms with van der Waals surface area (Å²) < 4.78 is 34.3. The Morgan fingerprint density at radius 3 is 2.00 bits per heavy atom. The Labute approximate surface area is 257 Å². The maximum atomic E-state index is 14.3. The fourth-order valence-corrected chi connectivity index (χ4v) is 6.36. The van der Waals surface area contributed by atoms with Crippen LogP contribution in [0.15, 0.2) is 114 Å². The molecule has 0 aromatic heterocycles. The first-order chi connectivity index (χ1) is 20.7. The average molecular weight is 620 g/mol. The van der Waals surface area contributed by atoms with E-state index in [0.29, 0.717) is 12.3 Å². The molecule has 224 valence electrons. The molecule has 0 spiro atoms. The molecule has 10 heteroatoms. The van der Waals surface area contributed by atoms with Gasteiger partial charge in [-0.25, -0.2) is 8.42 Å². The van der Waals surface area contributed by atoms with Crippen molar-refractivity contribution < 1.29 is 22.7 Å². The van der Waals surface area contributed by atoms with Gasteiger partial charge in [0, 0.05) is 19.5 Å². The number of nitrogens with zero attached hydrogens (tertiary/aromatic N) is 2. The van der Waals surface area contributed by atoms with Crippen LogP contribution in [-0.4, -0.2) is 51.4 Å². The number of ether oxygens (including phenoxy) is 1. The Morgan fingerprint density at radius 1 is 0.860 bits per heavy atom. The van der Waals surface area contributed by atoms with Crippen molar-refractivity contribution in [2.45, 2.75) is 30.8 Å². The number of benzene rings is 4. The molecule has 0 fully saturated rings. The van der Waals surface area contributed by atoms with Crippen molar-refractivity contribution in [2.24, 2.45) is 0 Å². The summed E-state index contributed by atoms with van der Waals surface area (Å²) in [5.74, 6) is -0.526. The largest absolute Gasteiger partial charge is 0.495 e. The minimum absolute atomic E-state index is 0.00825. The van der Waals surface area contributed by atoms with Gasteiger partial charge in [0.25, 0.3) is 10.0 Å². The molecule has 1 atom stereocenters. The number of carbonyl (C=O) groups is 2. The predicted molar refractivity (Wildman–Crippen MR) is 169 cm³/mol. The molecule has 0 aliphatic heterocycles. The summed E-state index contributed by atoms with van der Waals surface area (Å²) in [5.41, 5.74) is 1.84. The fourth-order valence-electron chi connectivity index (χ4n) is 4.68. The number of methoxy groups -OCH3 is 1. The quantitative estimate of drug-likeness (QED) is 0.219. The number of hydrogen-bond acceptors (Lipinski definition) is 5. The van der Waals surface area contributed by atoms with Gasteiger partial charge in [0.15, 0.2) is 0 Å². The number of sulfonamides is 1. The standard InChI is InChI=1S/C33H34ClN3O5S/c1-3-35-33(39)30(21-25-13-7-4-8-14-25)36(23-26-15-9-5-10-16-26)32(38)24-37(27-19-20-31(42-2)29(34)22-27)43(40,41)28-17-11-6-12-18-28/h4-20,22,30H,3,21,23-24H2,1-2H3,(H,35,39)/t30-/m0/s1. The maximum Gasteiger partial charge on any atom is 0.264 e. The number of carbonyl (C=O) groups excluding carboxylic acids is 2. The van der Waals surface area contributed by atoms with Crippen molar-refractivity contribution in [3.05, 3.63) is 125 Å². The average Bonchev–Trinajstić information content (AvgIpc) is 3.03. The monoisotopic (exact) mass is 619 g/mol. The molecular formula is C33H34ClN3O5S. The van der Waals surface area contributed by atoms with E-state index in [9.17, 15) is 18.0 Å². The van der Waals surface area contributed by atoms with Gasteiger partial charge in [-0.05, 0) is 48.4 Å². The number of halogens is 1. The molecular weight excluding hydrogens is 586 g/mol. The van der Waals surface area contributed by atoms with Gasteiger partial charge in [0.1, 0.15) is 18.3 Å². The van der Waals surface area contributed by atoms with E-state index in [1.165, 1.54) is 36.3 Å². The molecule has 0 saturated heterocycles. The van der Waals surface area contributed by atoms with Crippen LogP contribution < -0.4 is 14.4 Å². The second kappa shape index (κ2) is 14.7. The van der Waals surface area contributed by atoms with Gasteiger partial charge in [-0.15, -0.1) is 0 Å². The molecule has 0 bridgehead atoms. The summed E-state index contributed by atoms with van der Waals surface area (Å²) in [5, 5.41) is 3.04. The summed E-state index contributed by atoms with van der Waals surface area (Å²) in [6.45, 7) is 1.70.